The minimum absolute atomic E-state index is 0.0117. The molecule has 2 aromatic carbocycles. The summed E-state index contributed by atoms with van der Waals surface area (Å²) in [4.78, 5) is 14.8. The normalized spacial score (nSPS) is 12.0. The number of carbonyl (C=O) groups is 1. The van der Waals surface area contributed by atoms with Gasteiger partial charge in [-0.3, -0.25) is 14.5 Å². The van der Waals surface area contributed by atoms with Crippen LogP contribution >= 0.6 is 12.2 Å². The largest absolute Gasteiger partial charge is 0.497 e. The number of hydrogen-bond donors (Lipinski definition) is 2. The van der Waals surface area contributed by atoms with Gasteiger partial charge in [-0.1, -0.05) is 35.9 Å². The van der Waals surface area contributed by atoms with Gasteiger partial charge in [0.2, 0.25) is 5.91 Å². The molecular weight excluding hydrogens is 398 g/mol. The van der Waals surface area contributed by atoms with Crippen LogP contribution in [-0.4, -0.2) is 53.3 Å². The third kappa shape index (κ3) is 5.14. The van der Waals surface area contributed by atoms with Gasteiger partial charge in [0.25, 0.3) is 0 Å². The summed E-state index contributed by atoms with van der Waals surface area (Å²) in [5.41, 5.74) is 3.10. The Balaban J connectivity index is 1.72. The molecule has 0 bridgehead atoms. The molecule has 1 aromatic heterocycles. The zero-order valence-electron chi connectivity index (χ0n) is 17.7. The fourth-order valence-electron chi connectivity index (χ4n) is 3.33. The number of nitrogens with zero attached hydrogens (tertiary/aromatic N) is 3. The van der Waals surface area contributed by atoms with Gasteiger partial charge in [-0.05, 0) is 57.0 Å². The van der Waals surface area contributed by atoms with Gasteiger partial charge in [0.1, 0.15) is 12.3 Å². The molecule has 0 saturated carbocycles. The van der Waals surface area contributed by atoms with Gasteiger partial charge in [0.05, 0.1) is 13.2 Å². The lowest BCUT2D eigenvalue weighted by Crippen LogP contribution is -2.36. The number of aryl methyl sites for hydroxylation is 1. The number of likely N-dealkylation sites (N-methyl/N-ethyl adjacent to an activating group) is 1. The van der Waals surface area contributed by atoms with E-state index in [2.05, 4.69) is 20.4 Å². The second-order valence-corrected chi connectivity index (χ2v) is 7.75. The van der Waals surface area contributed by atoms with Crippen LogP contribution in [0.2, 0.25) is 0 Å². The lowest BCUT2D eigenvalue weighted by atomic mass is 10.1. The molecule has 30 heavy (non-hydrogen) atoms. The first-order chi connectivity index (χ1) is 14.4. The van der Waals surface area contributed by atoms with Crippen molar-refractivity contribution in [3.05, 3.63) is 64.4 Å². The van der Waals surface area contributed by atoms with Crippen molar-refractivity contribution in [1.29, 1.82) is 0 Å². The van der Waals surface area contributed by atoms with Crippen LogP contribution in [0.15, 0.2) is 48.5 Å². The van der Waals surface area contributed by atoms with Gasteiger partial charge in [-0.25, -0.2) is 0 Å². The average molecular weight is 426 g/mol. The Bertz CT molecular complexity index is 1070. The van der Waals surface area contributed by atoms with Crippen molar-refractivity contribution in [2.24, 2.45) is 0 Å². The molecule has 3 aromatic rings. The van der Waals surface area contributed by atoms with Gasteiger partial charge in [-0.2, -0.15) is 5.10 Å². The van der Waals surface area contributed by atoms with Crippen molar-refractivity contribution in [3.63, 3.8) is 0 Å². The molecule has 0 radical (unpaired) electrons. The number of amides is 1. The molecule has 158 valence electrons. The number of hydrogen-bond acceptors (Lipinski definition) is 5. The number of benzene rings is 2. The highest BCUT2D eigenvalue weighted by Gasteiger charge is 2.17. The Labute approximate surface area is 181 Å². The number of rotatable bonds is 8. The molecule has 0 spiro atoms. The summed E-state index contributed by atoms with van der Waals surface area (Å²) in [6, 6.07) is 15.8. The van der Waals surface area contributed by atoms with Crippen LogP contribution in [0.3, 0.4) is 0 Å². The van der Waals surface area contributed by atoms with E-state index in [4.69, 9.17) is 17.0 Å². The zero-order valence-corrected chi connectivity index (χ0v) is 18.5. The quantitative estimate of drug-likeness (QED) is 0.542. The van der Waals surface area contributed by atoms with Crippen LogP contribution in [0.4, 0.5) is 0 Å². The van der Waals surface area contributed by atoms with Crippen LogP contribution in [0.5, 0.6) is 5.75 Å². The van der Waals surface area contributed by atoms with Gasteiger partial charge in [0, 0.05) is 12.1 Å². The highest BCUT2D eigenvalue weighted by atomic mass is 32.1. The predicted molar refractivity (Wildman–Crippen MR) is 120 cm³/mol. The second-order valence-electron chi connectivity index (χ2n) is 7.37. The lowest BCUT2D eigenvalue weighted by molar-refractivity contribution is -0.121. The molecule has 0 saturated heterocycles. The molecule has 0 aliphatic carbocycles. The molecule has 2 N–H and O–H groups in total. The van der Waals surface area contributed by atoms with Crippen LogP contribution in [0.25, 0.3) is 11.4 Å². The minimum Gasteiger partial charge on any atom is -0.497 e. The molecule has 1 unspecified atom stereocenters. The maximum absolute atomic E-state index is 12.7. The Morgan fingerprint density at radius 2 is 2.03 bits per heavy atom. The second kappa shape index (κ2) is 9.69. The smallest absolute Gasteiger partial charge is 0.240 e. The molecule has 0 aliphatic rings. The van der Waals surface area contributed by atoms with Crippen LogP contribution in [-0.2, 0) is 11.3 Å². The highest BCUT2D eigenvalue weighted by Crippen LogP contribution is 2.22. The van der Waals surface area contributed by atoms with Crippen molar-refractivity contribution in [2.75, 3.05) is 27.7 Å². The van der Waals surface area contributed by atoms with E-state index >= 15 is 0 Å². The Hall–Kier alpha value is -2.97. The van der Waals surface area contributed by atoms with Crippen molar-refractivity contribution >= 4 is 18.1 Å². The van der Waals surface area contributed by atoms with Gasteiger partial charge in [0.15, 0.2) is 10.6 Å². The molecular formula is C22H27N5O2S. The molecule has 0 fully saturated rings. The van der Waals surface area contributed by atoms with Crippen molar-refractivity contribution in [1.82, 2.24) is 25.0 Å². The summed E-state index contributed by atoms with van der Waals surface area (Å²) in [5, 5.41) is 10.1. The Kier molecular flexibility index (Phi) is 7.02. The predicted octanol–water partition coefficient (Wildman–Crippen LogP) is 3.34. The summed E-state index contributed by atoms with van der Waals surface area (Å²) < 4.78 is 7.46. The maximum atomic E-state index is 12.7. The number of aromatic nitrogens is 3. The van der Waals surface area contributed by atoms with Gasteiger partial charge >= 0.3 is 0 Å². The van der Waals surface area contributed by atoms with E-state index in [1.807, 2.05) is 69.6 Å². The Morgan fingerprint density at radius 1 is 1.27 bits per heavy atom. The van der Waals surface area contributed by atoms with E-state index < -0.39 is 0 Å². The average Bonchev–Trinajstić information content (AvgIpc) is 3.08. The number of nitrogens with one attached hydrogen (secondary N) is 2. The summed E-state index contributed by atoms with van der Waals surface area (Å²) in [7, 11) is 5.61. The molecule has 3 rings (SSSR count). The summed E-state index contributed by atoms with van der Waals surface area (Å²) in [6.45, 7) is 2.57. The zero-order chi connectivity index (χ0) is 21.7. The maximum Gasteiger partial charge on any atom is 0.240 e. The summed E-state index contributed by atoms with van der Waals surface area (Å²) in [5.74, 6) is 1.31. The molecule has 7 nitrogen and oxygen atoms in total. The topological polar surface area (TPSA) is 75.2 Å². The number of ether oxygens (including phenoxy) is 1. The van der Waals surface area contributed by atoms with Crippen molar-refractivity contribution in [2.45, 2.75) is 19.5 Å². The molecule has 1 heterocycles. The number of aromatic amines is 1. The van der Waals surface area contributed by atoms with E-state index in [0.717, 1.165) is 22.4 Å². The first kappa shape index (κ1) is 21.7. The van der Waals surface area contributed by atoms with Crippen molar-refractivity contribution in [3.8, 4) is 17.1 Å². The molecule has 1 atom stereocenters. The van der Waals surface area contributed by atoms with E-state index in [0.29, 0.717) is 17.1 Å². The van der Waals surface area contributed by atoms with Crippen molar-refractivity contribution < 1.29 is 9.53 Å². The third-order valence-corrected chi connectivity index (χ3v) is 5.24. The molecule has 8 heteroatoms. The number of H-pyrrole nitrogens is 1. The van der Waals surface area contributed by atoms with E-state index in [1.54, 1.807) is 11.7 Å². The van der Waals surface area contributed by atoms with Crippen LogP contribution < -0.4 is 10.1 Å². The monoisotopic (exact) mass is 425 g/mol. The highest BCUT2D eigenvalue weighted by molar-refractivity contribution is 7.71. The van der Waals surface area contributed by atoms with E-state index in [-0.39, 0.29) is 18.5 Å². The first-order valence-corrected chi connectivity index (χ1v) is 10.1. The Morgan fingerprint density at radius 3 is 2.73 bits per heavy atom. The third-order valence-electron chi connectivity index (χ3n) is 4.93. The summed E-state index contributed by atoms with van der Waals surface area (Å²) in [6.07, 6.45) is 0. The van der Waals surface area contributed by atoms with Gasteiger partial charge < -0.3 is 15.0 Å². The van der Waals surface area contributed by atoms with Gasteiger partial charge in [-0.15, -0.1) is 0 Å². The molecule has 1 amide bonds. The van der Waals surface area contributed by atoms with Crippen LogP contribution in [0.1, 0.15) is 17.2 Å². The fraction of sp³-hybridized carbons (Fsp3) is 0.318. The molecule has 0 aliphatic heterocycles. The fourth-order valence-corrected chi connectivity index (χ4v) is 3.52. The number of carbonyl (C=O) groups excluding carboxylic acids is 1. The van der Waals surface area contributed by atoms with E-state index in [9.17, 15) is 4.79 Å². The minimum atomic E-state index is -0.129. The first-order valence-electron chi connectivity index (χ1n) is 9.68. The number of methoxy groups -OCH3 is 1. The SMILES string of the molecule is COc1cccc(C(CNC(=O)Cn2c(-c3cccc(C)c3)n[nH]c2=S)N(C)C)c1. The summed E-state index contributed by atoms with van der Waals surface area (Å²) >= 11 is 5.35. The van der Waals surface area contributed by atoms with E-state index in [1.165, 1.54) is 0 Å². The standard InChI is InChI=1S/C22H27N5O2S/c1-15-7-5-9-17(11-15)21-24-25-22(30)27(21)14-20(28)23-13-19(26(2)3)16-8-6-10-18(12-16)29-4/h5-12,19H,13-14H2,1-4H3,(H,23,28)(H,25,30). The van der Waals surface area contributed by atoms with Crippen LogP contribution in [0, 0.1) is 11.7 Å². The lowest BCUT2D eigenvalue weighted by Gasteiger charge is -2.25.